The van der Waals surface area contributed by atoms with Crippen LogP contribution in [0.2, 0.25) is 0 Å². The smallest absolute Gasteiger partial charge is 0.293 e. The summed E-state index contributed by atoms with van der Waals surface area (Å²) in [6.45, 7) is 2.03. The van der Waals surface area contributed by atoms with Gasteiger partial charge in [0.2, 0.25) is 10.0 Å². The average Bonchev–Trinajstić information content (AvgIpc) is 2.16. The van der Waals surface area contributed by atoms with E-state index in [0.717, 1.165) is 12.1 Å². The Morgan fingerprint density at radius 1 is 1.50 bits per heavy atom. The highest BCUT2D eigenvalue weighted by molar-refractivity contribution is 7.89. The molecule has 16 heavy (non-hydrogen) atoms. The molecule has 0 saturated heterocycles. The third-order valence-electron chi connectivity index (χ3n) is 1.74. The Morgan fingerprint density at radius 2 is 2.12 bits per heavy atom. The van der Waals surface area contributed by atoms with Gasteiger partial charge in [0.1, 0.15) is 5.75 Å². The molecule has 1 aromatic carbocycles. The molecule has 0 atom stereocenters. The van der Waals surface area contributed by atoms with Crippen LogP contribution in [0, 0.1) is 10.1 Å². The lowest BCUT2D eigenvalue weighted by atomic mass is 10.3. The fourth-order valence-electron chi connectivity index (χ4n) is 1.14. The second kappa shape index (κ2) is 4.45. The summed E-state index contributed by atoms with van der Waals surface area (Å²) in [6.07, 6.45) is 0. The number of rotatable bonds is 4. The monoisotopic (exact) mass is 246 g/mol. The molecule has 0 heterocycles. The van der Waals surface area contributed by atoms with Crippen LogP contribution < -0.4 is 9.88 Å². The van der Waals surface area contributed by atoms with Gasteiger partial charge in [0.05, 0.1) is 17.6 Å². The zero-order chi connectivity index (χ0) is 12.3. The molecule has 7 nitrogen and oxygen atoms in total. The summed E-state index contributed by atoms with van der Waals surface area (Å²) in [5, 5.41) is 15.5. The lowest BCUT2D eigenvalue weighted by molar-refractivity contribution is -0.387. The summed E-state index contributed by atoms with van der Waals surface area (Å²) in [6, 6.07) is 3.40. The average molecular weight is 246 g/mol. The molecule has 0 amide bonds. The molecule has 2 N–H and O–H groups in total. The van der Waals surface area contributed by atoms with Crippen LogP contribution in [0.4, 0.5) is 5.69 Å². The summed E-state index contributed by atoms with van der Waals surface area (Å²) >= 11 is 0. The Hall–Kier alpha value is -1.67. The van der Waals surface area contributed by atoms with Crippen molar-refractivity contribution in [2.45, 2.75) is 11.8 Å². The number of primary sulfonamides is 1. The van der Waals surface area contributed by atoms with Gasteiger partial charge in [0, 0.05) is 0 Å². The zero-order valence-electron chi connectivity index (χ0n) is 8.41. The molecular weight excluding hydrogens is 236 g/mol. The zero-order valence-corrected chi connectivity index (χ0v) is 9.23. The molecule has 0 radical (unpaired) electrons. The minimum Gasteiger partial charge on any atom is -0.494 e. The number of ether oxygens (including phenoxy) is 1. The van der Waals surface area contributed by atoms with E-state index in [4.69, 9.17) is 9.88 Å². The van der Waals surface area contributed by atoms with E-state index in [1.54, 1.807) is 6.92 Å². The molecule has 0 saturated carbocycles. The molecule has 0 aliphatic carbocycles. The van der Waals surface area contributed by atoms with Crippen LogP contribution in [0.5, 0.6) is 5.75 Å². The largest absolute Gasteiger partial charge is 0.494 e. The van der Waals surface area contributed by atoms with Crippen molar-refractivity contribution >= 4 is 15.7 Å². The molecule has 0 spiro atoms. The molecule has 88 valence electrons. The Labute approximate surface area is 92.0 Å². The lowest BCUT2D eigenvalue weighted by Gasteiger charge is -2.04. The van der Waals surface area contributed by atoms with Gasteiger partial charge in [-0.3, -0.25) is 10.1 Å². The van der Waals surface area contributed by atoms with Crippen LogP contribution in [-0.4, -0.2) is 19.9 Å². The first-order chi connectivity index (χ1) is 7.36. The Kier molecular flexibility index (Phi) is 3.45. The minimum absolute atomic E-state index is 0.224. The highest BCUT2D eigenvalue weighted by atomic mass is 32.2. The number of sulfonamides is 1. The number of nitro benzene ring substituents is 1. The number of hydrogen-bond acceptors (Lipinski definition) is 5. The summed E-state index contributed by atoms with van der Waals surface area (Å²) in [4.78, 5) is 9.31. The van der Waals surface area contributed by atoms with Gasteiger partial charge >= 0.3 is 0 Å². The van der Waals surface area contributed by atoms with Gasteiger partial charge in [0.15, 0.2) is 4.90 Å². The molecule has 0 unspecified atom stereocenters. The Morgan fingerprint density at radius 3 is 2.56 bits per heavy atom. The number of hydrogen-bond donors (Lipinski definition) is 1. The summed E-state index contributed by atoms with van der Waals surface area (Å²) in [5.74, 6) is 0.224. The highest BCUT2D eigenvalue weighted by Crippen LogP contribution is 2.27. The van der Waals surface area contributed by atoms with Crippen LogP contribution in [0.15, 0.2) is 23.1 Å². The Balaban J connectivity index is 3.37. The van der Waals surface area contributed by atoms with Gasteiger partial charge in [-0.1, -0.05) is 0 Å². The molecule has 8 heteroatoms. The number of nitrogens with two attached hydrogens (primary N) is 1. The molecule has 0 bridgehead atoms. The summed E-state index contributed by atoms with van der Waals surface area (Å²) in [5.41, 5.74) is -0.589. The van der Waals surface area contributed by atoms with Crippen molar-refractivity contribution in [2.24, 2.45) is 5.14 Å². The van der Waals surface area contributed by atoms with Crippen molar-refractivity contribution in [3.05, 3.63) is 28.3 Å². The highest BCUT2D eigenvalue weighted by Gasteiger charge is 2.23. The van der Waals surface area contributed by atoms with Crippen LogP contribution >= 0.6 is 0 Å². The fraction of sp³-hybridized carbons (Fsp3) is 0.250. The molecule has 1 rings (SSSR count). The van der Waals surface area contributed by atoms with Crippen molar-refractivity contribution in [1.29, 1.82) is 0 Å². The molecule has 0 aromatic heterocycles. The van der Waals surface area contributed by atoms with Crippen LogP contribution in [0.25, 0.3) is 0 Å². The number of nitrogens with zero attached hydrogens (tertiary/aromatic N) is 1. The van der Waals surface area contributed by atoms with Gasteiger partial charge < -0.3 is 4.74 Å². The first-order valence-corrected chi connectivity index (χ1v) is 5.85. The van der Waals surface area contributed by atoms with E-state index in [-0.39, 0.29) is 5.75 Å². The van der Waals surface area contributed by atoms with E-state index in [1.165, 1.54) is 6.07 Å². The maximum atomic E-state index is 11.1. The molecule has 0 aliphatic heterocycles. The summed E-state index contributed by atoms with van der Waals surface area (Å²) in [7, 11) is -4.11. The second-order valence-corrected chi connectivity index (χ2v) is 4.39. The van der Waals surface area contributed by atoms with Gasteiger partial charge in [-0.2, -0.15) is 0 Å². The third kappa shape index (κ3) is 2.67. The van der Waals surface area contributed by atoms with Crippen molar-refractivity contribution < 1.29 is 18.1 Å². The normalized spacial score (nSPS) is 11.1. The fourth-order valence-corrected chi connectivity index (χ4v) is 1.82. The third-order valence-corrected chi connectivity index (χ3v) is 2.70. The van der Waals surface area contributed by atoms with E-state index in [2.05, 4.69) is 0 Å². The van der Waals surface area contributed by atoms with Gasteiger partial charge in [-0.25, -0.2) is 13.6 Å². The van der Waals surface area contributed by atoms with Crippen LogP contribution in [0.1, 0.15) is 6.92 Å². The second-order valence-electron chi connectivity index (χ2n) is 2.86. The molecule has 1 aromatic rings. The minimum atomic E-state index is -4.11. The first-order valence-electron chi connectivity index (χ1n) is 4.30. The summed E-state index contributed by atoms with van der Waals surface area (Å²) < 4.78 is 27.1. The van der Waals surface area contributed by atoms with Crippen molar-refractivity contribution in [3.63, 3.8) is 0 Å². The topological polar surface area (TPSA) is 113 Å². The number of benzene rings is 1. The van der Waals surface area contributed by atoms with E-state index < -0.39 is 25.5 Å². The predicted molar refractivity (Wildman–Crippen MR) is 55.6 cm³/mol. The first kappa shape index (κ1) is 12.4. The Bertz CT molecular complexity index is 511. The maximum absolute atomic E-state index is 11.1. The van der Waals surface area contributed by atoms with E-state index in [9.17, 15) is 18.5 Å². The van der Waals surface area contributed by atoms with Crippen LogP contribution in [-0.2, 0) is 10.0 Å². The van der Waals surface area contributed by atoms with E-state index in [1.807, 2.05) is 0 Å². The standard InChI is InChI=1S/C8H10N2O5S/c1-2-15-6-3-4-8(16(9,13)14)7(5-6)10(11)12/h3-5H,2H2,1H3,(H2,9,13,14). The quantitative estimate of drug-likeness (QED) is 0.618. The van der Waals surface area contributed by atoms with Gasteiger partial charge in [0.25, 0.3) is 5.69 Å². The predicted octanol–water partition coefficient (Wildman–Crippen LogP) is 0.641. The number of nitro groups is 1. The van der Waals surface area contributed by atoms with Gasteiger partial charge in [-0.05, 0) is 19.1 Å². The van der Waals surface area contributed by atoms with Crippen molar-refractivity contribution in [3.8, 4) is 5.75 Å². The van der Waals surface area contributed by atoms with Crippen molar-refractivity contribution in [1.82, 2.24) is 0 Å². The van der Waals surface area contributed by atoms with Crippen molar-refractivity contribution in [2.75, 3.05) is 6.61 Å². The van der Waals surface area contributed by atoms with E-state index in [0.29, 0.717) is 6.61 Å². The van der Waals surface area contributed by atoms with Crippen LogP contribution in [0.3, 0.4) is 0 Å². The molecular formula is C8H10N2O5S. The maximum Gasteiger partial charge on any atom is 0.293 e. The molecule has 0 aliphatic rings. The SMILES string of the molecule is CCOc1ccc(S(N)(=O)=O)c([N+](=O)[O-])c1. The molecule has 0 fully saturated rings. The lowest BCUT2D eigenvalue weighted by Crippen LogP contribution is -2.14. The van der Waals surface area contributed by atoms with Gasteiger partial charge in [-0.15, -0.1) is 0 Å². The van der Waals surface area contributed by atoms with E-state index >= 15 is 0 Å².